The zero-order valence-corrected chi connectivity index (χ0v) is 9.81. The maximum atomic E-state index is 12.9. The van der Waals surface area contributed by atoms with E-state index >= 15 is 0 Å². The molecule has 2 N–H and O–H groups in total. The fraction of sp³-hybridized carbons (Fsp3) is 0.231. The van der Waals surface area contributed by atoms with Crippen LogP contribution >= 0.6 is 0 Å². The standard InChI is InChI=1S/C13H14FN3/c1-8(2)11-12(16-7-17-13(11)15)9-3-5-10(14)6-4-9/h3-8H,1-2H3,(H2,15,16,17). The Hall–Kier alpha value is -1.97. The van der Waals surface area contributed by atoms with Gasteiger partial charge in [0.1, 0.15) is 18.0 Å². The second kappa shape index (κ2) is 4.49. The van der Waals surface area contributed by atoms with Crippen molar-refractivity contribution in [2.75, 3.05) is 5.73 Å². The van der Waals surface area contributed by atoms with Gasteiger partial charge in [0, 0.05) is 11.1 Å². The summed E-state index contributed by atoms with van der Waals surface area (Å²) in [5, 5.41) is 0. The second-order valence-electron chi connectivity index (χ2n) is 4.18. The van der Waals surface area contributed by atoms with Crippen LogP contribution in [0.4, 0.5) is 10.2 Å². The van der Waals surface area contributed by atoms with Gasteiger partial charge in [0.05, 0.1) is 5.69 Å². The number of halogens is 1. The molecule has 0 saturated carbocycles. The molecule has 0 saturated heterocycles. The average molecular weight is 231 g/mol. The molecule has 0 amide bonds. The van der Waals surface area contributed by atoms with Gasteiger partial charge in [-0.2, -0.15) is 0 Å². The van der Waals surface area contributed by atoms with Crippen LogP contribution in [0.3, 0.4) is 0 Å². The van der Waals surface area contributed by atoms with Gasteiger partial charge >= 0.3 is 0 Å². The number of nitrogen functional groups attached to an aromatic ring is 1. The van der Waals surface area contributed by atoms with Gasteiger partial charge in [-0.05, 0) is 30.2 Å². The van der Waals surface area contributed by atoms with Crippen molar-refractivity contribution in [3.63, 3.8) is 0 Å². The van der Waals surface area contributed by atoms with Crippen LogP contribution in [0.2, 0.25) is 0 Å². The third-order valence-corrected chi connectivity index (χ3v) is 2.61. The van der Waals surface area contributed by atoms with E-state index in [2.05, 4.69) is 9.97 Å². The van der Waals surface area contributed by atoms with Crippen LogP contribution in [0.25, 0.3) is 11.3 Å². The van der Waals surface area contributed by atoms with Gasteiger partial charge in [-0.1, -0.05) is 13.8 Å². The van der Waals surface area contributed by atoms with Crippen molar-refractivity contribution < 1.29 is 4.39 Å². The van der Waals surface area contributed by atoms with Gasteiger partial charge in [-0.25, -0.2) is 14.4 Å². The Kier molecular flexibility index (Phi) is 3.04. The molecule has 0 radical (unpaired) electrons. The smallest absolute Gasteiger partial charge is 0.130 e. The van der Waals surface area contributed by atoms with Gasteiger partial charge in [-0.3, -0.25) is 0 Å². The molecule has 3 nitrogen and oxygen atoms in total. The quantitative estimate of drug-likeness (QED) is 0.864. The maximum Gasteiger partial charge on any atom is 0.130 e. The van der Waals surface area contributed by atoms with E-state index in [-0.39, 0.29) is 11.7 Å². The highest BCUT2D eigenvalue weighted by Crippen LogP contribution is 2.30. The van der Waals surface area contributed by atoms with Crippen LogP contribution in [0, 0.1) is 5.82 Å². The van der Waals surface area contributed by atoms with Crippen molar-refractivity contribution in [1.29, 1.82) is 0 Å². The summed E-state index contributed by atoms with van der Waals surface area (Å²) in [6.45, 7) is 4.06. The Bertz CT molecular complexity index is 521. The summed E-state index contributed by atoms with van der Waals surface area (Å²) in [4.78, 5) is 8.24. The molecule has 4 heteroatoms. The summed E-state index contributed by atoms with van der Waals surface area (Å²) in [7, 11) is 0. The van der Waals surface area contributed by atoms with Crippen LogP contribution in [0.15, 0.2) is 30.6 Å². The van der Waals surface area contributed by atoms with Crippen molar-refractivity contribution in [2.45, 2.75) is 19.8 Å². The summed E-state index contributed by atoms with van der Waals surface area (Å²) >= 11 is 0. The highest BCUT2D eigenvalue weighted by molar-refractivity contribution is 5.68. The molecule has 0 atom stereocenters. The first kappa shape index (κ1) is 11.5. The number of anilines is 1. The van der Waals surface area contributed by atoms with E-state index in [4.69, 9.17) is 5.73 Å². The number of hydrogen-bond acceptors (Lipinski definition) is 3. The zero-order valence-electron chi connectivity index (χ0n) is 9.81. The van der Waals surface area contributed by atoms with Crippen molar-refractivity contribution >= 4 is 5.82 Å². The van der Waals surface area contributed by atoms with Crippen molar-refractivity contribution in [2.24, 2.45) is 0 Å². The molecule has 2 aromatic rings. The summed E-state index contributed by atoms with van der Waals surface area (Å²) in [6, 6.07) is 6.22. The molecule has 1 aromatic carbocycles. The van der Waals surface area contributed by atoms with E-state index in [0.29, 0.717) is 5.82 Å². The maximum absolute atomic E-state index is 12.9. The van der Waals surface area contributed by atoms with Crippen molar-refractivity contribution in [3.05, 3.63) is 42.0 Å². The Balaban J connectivity index is 2.59. The number of rotatable bonds is 2. The van der Waals surface area contributed by atoms with Crippen LogP contribution in [0.1, 0.15) is 25.3 Å². The van der Waals surface area contributed by atoms with E-state index in [1.54, 1.807) is 12.1 Å². The minimum absolute atomic E-state index is 0.219. The van der Waals surface area contributed by atoms with Gasteiger partial charge in [0.2, 0.25) is 0 Å². The van der Waals surface area contributed by atoms with Crippen LogP contribution in [-0.4, -0.2) is 9.97 Å². The fourth-order valence-corrected chi connectivity index (χ4v) is 1.82. The fourth-order valence-electron chi connectivity index (χ4n) is 1.82. The monoisotopic (exact) mass is 231 g/mol. The minimum Gasteiger partial charge on any atom is -0.383 e. The van der Waals surface area contributed by atoms with Crippen molar-refractivity contribution in [3.8, 4) is 11.3 Å². The largest absolute Gasteiger partial charge is 0.383 e. The molecule has 17 heavy (non-hydrogen) atoms. The van der Waals surface area contributed by atoms with Gasteiger partial charge in [-0.15, -0.1) is 0 Å². The predicted molar refractivity (Wildman–Crippen MR) is 65.9 cm³/mol. The van der Waals surface area contributed by atoms with E-state index in [1.165, 1.54) is 18.5 Å². The van der Waals surface area contributed by atoms with Gasteiger partial charge in [0.15, 0.2) is 0 Å². The molecule has 0 spiro atoms. The molecule has 1 heterocycles. The summed E-state index contributed by atoms with van der Waals surface area (Å²) in [5.41, 5.74) is 8.39. The van der Waals surface area contributed by atoms with Crippen LogP contribution in [-0.2, 0) is 0 Å². The number of benzene rings is 1. The van der Waals surface area contributed by atoms with Gasteiger partial charge < -0.3 is 5.73 Å². The van der Waals surface area contributed by atoms with Gasteiger partial charge in [0.25, 0.3) is 0 Å². The minimum atomic E-state index is -0.262. The number of aromatic nitrogens is 2. The Morgan fingerprint density at radius 3 is 2.35 bits per heavy atom. The SMILES string of the molecule is CC(C)c1c(N)ncnc1-c1ccc(F)cc1. The van der Waals surface area contributed by atoms with Crippen molar-refractivity contribution in [1.82, 2.24) is 9.97 Å². The van der Waals surface area contributed by atoms with E-state index in [0.717, 1.165) is 16.8 Å². The number of nitrogens with two attached hydrogens (primary N) is 1. The molecule has 0 aliphatic heterocycles. The topological polar surface area (TPSA) is 51.8 Å². The molecule has 0 bridgehead atoms. The lowest BCUT2D eigenvalue weighted by molar-refractivity contribution is 0.628. The van der Waals surface area contributed by atoms with E-state index < -0.39 is 0 Å². The molecule has 0 aliphatic carbocycles. The third kappa shape index (κ3) is 2.25. The highest BCUT2D eigenvalue weighted by Gasteiger charge is 2.14. The third-order valence-electron chi connectivity index (χ3n) is 2.61. The molecular formula is C13H14FN3. The average Bonchev–Trinajstić information content (AvgIpc) is 2.29. The Labute approximate surface area is 99.5 Å². The Morgan fingerprint density at radius 1 is 1.12 bits per heavy atom. The molecular weight excluding hydrogens is 217 g/mol. The Morgan fingerprint density at radius 2 is 1.76 bits per heavy atom. The van der Waals surface area contributed by atoms with Crippen LogP contribution in [0.5, 0.6) is 0 Å². The lowest BCUT2D eigenvalue weighted by Gasteiger charge is -2.13. The van der Waals surface area contributed by atoms with E-state index in [9.17, 15) is 4.39 Å². The first-order valence-electron chi connectivity index (χ1n) is 5.46. The molecule has 1 aromatic heterocycles. The molecule has 0 fully saturated rings. The highest BCUT2D eigenvalue weighted by atomic mass is 19.1. The predicted octanol–water partition coefficient (Wildman–Crippen LogP) is 2.99. The number of nitrogens with zero attached hydrogens (tertiary/aromatic N) is 2. The summed E-state index contributed by atoms with van der Waals surface area (Å²) in [6.07, 6.45) is 1.43. The molecule has 0 unspecified atom stereocenters. The summed E-state index contributed by atoms with van der Waals surface area (Å²) in [5.74, 6) is 0.437. The number of hydrogen-bond donors (Lipinski definition) is 1. The normalized spacial score (nSPS) is 10.8. The molecule has 0 aliphatic rings. The van der Waals surface area contributed by atoms with E-state index in [1.807, 2.05) is 13.8 Å². The molecule has 88 valence electrons. The zero-order chi connectivity index (χ0) is 12.4. The molecule has 2 rings (SSSR count). The summed E-state index contributed by atoms with van der Waals surface area (Å²) < 4.78 is 12.9. The second-order valence-corrected chi connectivity index (χ2v) is 4.18. The first-order chi connectivity index (χ1) is 8.09. The lowest BCUT2D eigenvalue weighted by Crippen LogP contribution is -2.04. The lowest BCUT2D eigenvalue weighted by atomic mass is 9.97. The van der Waals surface area contributed by atoms with Crippen LogP contribution < -0.4 is 5.73 Å². The first-order valence-corrected chi connectivity index (χ1v) is 5.46.